The molecular weight excluding hydrogens is 518 g/mol. The van der Waals surface area contributed by atoms with Crippen LogP contribution in [0.4, 0.5) is 8.78 Å². The molecule has 13 nitrogen and oxygen atoms in total. The Kier molecular flexibility index (Phi) is 5.43. The third-order valence-corrected chi connectivity index (χ3v) is 8.44. The van der Waals surface area contributed by atoms with E-state index in [1.165, 1.54) is 22.8 Å². The highest BCUT2D eigenvalue weighted by Gasteiger charge is 2.75. The van der Waals surface area contributed by atoms with E-state index in [-0.39, 0.29) is 85.6 Å². The lowest BCUT2D eigenvalue weighted by Crippen LogP contribution is -2.79. The summed E-state index contributed by atoms with van der Waals surface area (Å²) in [6.45, 7) is -0.349. The van der Waals surface area contributed by atoms with Gasteiger partial charge in [-0.3, -0.25) is 30.3 Å². The van der Waals surface area contributed by atoms with Crippen LogP contribution in [0, 0.1) is 0 Å². The molecule has 39 heavy (non-hydrogen) atoms. The Balaban J connectivity index is 1.32. The van der Waals surface area contributed by atoms with Crippen molar-refractivity contribution in [2.75, 3.05) is 13.1 Å². The van der Waals surface area contributed by atoms with Crippen LogP contribution in [-0.4, -0.2) is 92.0 Å². The lowest BCUT2D eigenvalue weighted by atomic mass is 9.84. The highest BCUT2D eigenvalue weighted by atomic mass is 19.3. The van der Waals surface area contributed by atoms with Gasteiger partial charge in [-0.1, -0.05) is 12.1 Å². The number of likely N-dealkylation sites (tertiary alicyclic amines) is 1. The summed E-state index contributed by atoms with van der Waals surface area (Å²) >= 11 is 0. The summed E-state index contributed by atoms with van der Waals surface area (Å²) in [5, 5.41) is 31.6. The largest absolute Gasteiger partial charge is 0.370 e. The molecule has 1 aliphatic carbocycles. The first kappa shape index (κ1) is 25.4. The van der Waals surface area contributed by atoms with Crippen molar-refractivity contribution in [1.29, 1.82) is 0 Å². The number of halogens is 2. The molecule has 4 aliphatic heterocycles. The number of nitrogens with one attached hydrogen (secondary N) is 3. The lowest BCUT2D eigenvalue weighted by Gasteiger charge is -2.44. The zero-order valence-electron chi connectivity index (χ0n) is 20.8. The molecule has 0 aromatic heterocycles. The molecule has 0 radical (unpaired) electrons. The molecule has 15 heteroatoms. The number of fused-ring (bicyclic) bond motifs is 1. The van der Waals surface area contributed by atoms with Crippen LogP contribution in [-0.2, 0) is 21.9 Å². The van der Waals surface area contributed by atoms with Crippen LogP contribution in [0.2, 0.25) is 0 Å². The Morgan fingerprint density at radius 2 is 1.92 bits per heavy atom. The number of nitrogens with two attached hydrogens (primary N) is 2. The summed E-state index contributed by atoms with van der Waals surface area (Å²) in [7, 11) is 0. The molecule has 3 amide bonds. The first-order valence-electron chi connectivity index (χ1n) is 12.7. The Morgan fingerprint density at radius 1 is 1.21 bits per heavy atom. The van der Waals surface area contributed by atoms with Gasteiger partial charge in [0, 0.05) is 30.4 Å². The Hall–Kier alpha value is -3.85. The van der Waals surface area contributed by atoms with Crippen molar-refractivity contribution in [2.24, 2.45) is 16.5 Å². The fraction of sp³-hybridized carbons (Fsp3) is 0.542. The molecular formula is C24H29F2N8O5+. The fourth-order valence-corrected chi connectivity index (χ4v) is 6.60. The van der Waals surface area contributed by atoms with Crippen molar-refractivity contribution >= 4 is 29.6 Å². The molecule has 4 heterocycles. The second kappa shape index (κ2) is 8.32. The second-order valence-corrected chi connectivity index (χ2v) is 10.6. The molecule has 3 unspecified atom stereocenters. The number of carbonyl (C=O) groups excluding carboxylic acids is 3. The maximum atomic E-state index is 14.5. The van der Waals surface area contributed by atoms with Crippen LogP contribution >= 0.6 is 0 Å². The SMILES string of the molecule is NC1=NC2[C@H](CN3C(=O)CCC3=O)NC(N)=[N+]3CC(NC(=O)c4cccc5c4CCCC5(F)F)C(O)(O)C23N1. The molecule has 5 aliphatic rings. The van der Waals surface area contributed by atoms with Gasteiger partial charge in [0.25, 0.3) is 11.8 Å². The Labute approximate surface area is 220 Å². The van der Waals surface area contributed by atoms with Gasteiger partial charge < -0.3 is 26.6 Å². The summed E-state index contributed by atoms with van der Waals surface area (Å²) in [5.74, 6) is -7.44. The number of amides is 3. The maximum Gasteiger partial charge on any atom is 0.346 e. The summed E-state index contributed by atoms with van der Waals surface area (Å²) in [6, 6.07) is 0.844. The Bertz CT molecular complexity index is 1350. The molecule has 2 saturated heterocycles. The number of hydrogen-bond acceptors (Lipinski definition) is 10. The third kappa shape index (κ3) is 3.52. The molecule has 1 spiro atoms. The van der Waals surface area contributed by atoms with E-state index in [2.05, 4.69) is 20.9 Å². The van der Waals surface area contributed by atoms with Gasteiger partial charge in [0.1, 0.15) is 18.1 Å². The summed E-state index contributed by atoms with van der Waals surface area (Å²) < 4.78 is 30.4. The van der Waals surface area contributed by atoms with E-state index in [0.29, 0.717) is 0 Å². The maximum absolute atomic E-state index is 14.5. The van der Waals surface area contributed by atoms with E-state index < -0.39 is 41.4 Å². The van der Waals surface area contributed by atoms with Crippen molar-refractivity contribution in [3.63, 3.8) is 0 Å². The number of rotatable bonds is 4. The van der Waals surface area contributed by atoms with Gasteiger partial charge in [-0.15, -0.1) is 0 Å². The number of carbonyl (C=O) groups is 3. The topological polar surface area (TPSA) is 198 Å². The van der Waals surface area contributed by atoms with Crippen LogP contribution in [0.1, 0.15) is 47.2 Å². The second-order valence-electron chi connectivity index (χ2n) is 10.6. The molecule has 4 atom stereocenters. The average molecular weight is 548 g/mol. The minimum atomic E-state index is -3.06. The van der Waals surface area contributed by atoms with Crippen LogP contribution in [0.25, 0.3) is 0 Å². The van der Waals surface area contributed by atoms with Gasteiger partial charge >= 0.3 is 5.96 Å². The Morgan fingerprint density at radius 3 is 2.64 bits per heavy atom. The number of nitrogens with zero attached hydrogens (tertiary/aromatic N) is 3. The number of hydrogen-bond donors (Lipinski definition) is 7. The van der Waals surface area contributed by atoms with E-state index in [1.54, 1.807) is 0 Å². The summed E-state index contributed by atoms with van der Waals surface area (Å²) in [5.41, 5.74) is 10.4. The van der Waals surface area contributed by atoms with Gasteiger partial charge in [0.15, 0.2) is 5.96 Å². The monoisotopic (exact) mass is 547 g/mol. The van der Waals surface area contributed by atoms with Gasteiger partial charge in [0.05, 0.1) is 13.1 Å². The van der Waals surface area contributed by atoms with Crippen molar-refractivity contribution in [3.05, 3.63) is 34.9 Å². The molecule has 2 fully saturated rings. The van der Waals surface area contributed by atoms with Crippen molar-refractivity contribution in [3.8, 4) is 0 Å². The average Bonchev–Trinajstić information content (AvgIpc) is 3.46. The molecule has 6 rings (SSSR count). The zero-order valence-corrected chi connectivity index (χ0v) is 20.8. The van der Waals surface area contributed by atoms with Gasteiger partial charge in [-0.25, -0.2) is 18.3 Å². The van der Waals surface area contributed by atoms with E-state index >= 15 is 0 Å². The van der Waals surface area contributed by atoms with E-state index in [0.717, 1.165) is 4.90 Å². The van der Waals surface area contributed by atoms with Crippen LogP contribution in [0.3, 0.4) is 0 Å². The zero-order chi connectivity index (χ0) is 27.9. The van der Waals surface area contributed by atoms with Crippen LogP contribution < -0.4 is 27.4 Å². The minimum absolute atomic E-state index is 0.0197. The van der Waals surface area contributed by atoms with Crippen molar-refractivity contribution < 1.29 is 38.0 Å². The first-order valence-corrected chi connectivity index (χ1v) is 12.7. The molecule has 208 valence electrons. The van der Waals surface area contributed by atoms with Gasteiger partial charge in [-0.2, -0.15) is 0 Å². The number of aliphatic hydroxyl groups is 2. The quantitative estimate of drug-likeness (QED) is 0.119. The van der Waals surface area contributed by atoms with Crippen LogP contribution in [0.5, 0.6) is 0 Å². The number of benzene rings is 1. The first-order chi connectivity index (χ1) is 18.4. The fourth-order valence-electron chi connectivity index (χ4n) is 6.60. The highest BCUT2D eigenvalue weighted by molar-refractivity contribution is 6.02. The van der Waals surface area contributed by atoms with Crippen molar-refractivity contribution in [2.45, 2.75) is 67.6 Å². The predicted molar refractivity (Wildman–Crippen MR) is 130 cm³/mol. The molecule has 1 aromatic rings. The summed E-state index contributed by atoms with van der Waals surface area (Å²) in [6.07, 6.45) is 0.325. The van der Waals surface area contributed by atoms with E-state index in [1.807, 2.05) is 0 Å². The van der Waals surface area contributed by atoms with E-state index in [9.17, 15) is 33.4 Å². The van der Waals surface area contributed by atoms with E-state index in [4.69, 9.17) is 11.5 Å². The minimum Gasteiger partial charge on any atom is -0.370 e. The number of alkyl halides is 2. The lowest BCUT2D eigenvalue weighted by molar-refractivity contribution is -0.623. The highest BCUT2D eigenvalue weighted by Crippen LogP contribution is 2.43. The van der Waals surface area contributed by atoms with Gasteiger partial charge in [0.2, 0.25) is 23.3 Å². The number of guanidine groups is 2. The summed E-state index contributed by atoms with van der Waals surface area (Å²) in [4.78, 5) is 43.3. The molecule has 9 N–H and O–H groups in total. The molecule has 0 bridgehead atoms. The van der Waals surface area contributed by atoms with Crippen molar-refractivity contribution in [1.82, 2.24) is 20.9 Å². The number of aliphatic imine (C=N–C) groups is 1. The van der Waals surface area contributed by atoms with Gasteiger partial charge in [-0.05, 0) is 24.5 Å². The number of imide groups is 1. The standard InChI is InChI=1S/C24H28F2N8O5/c25-22(26)8-2-4-11-12(3-1-5-13(11)22)19(37)30-15-10-34-21(28)29-14(9-33-16(35)6-7-17(33)36)18-23(34,24(15,38)39)32-20(27)31-18/h1,3,5,14-15,18,38-39H,2,4,6-10H2,(H6,27,28,29,30,31,32,37)/p+1/t14-,15?,18?,23?/m0/s1. The van der Waals surface area contributed by atoms with Crippen LogP contribution in [0.15, 0.2) is 23.2 Å². The smallest absolute Gasteiger partial charge is 0.346 e. The molecule has 1 aromatic carbocycles. The third-order valence-electron chi connectivity index (χ3n) is 8.44. The predicted octanol–water partition coefficient (Wildman–Crippen LogP) is -2.66. The molecule has 0 saturated carbocycles. The normalized spacial score (nSPS) is 32.2.